The molecule has 0 aliphatic rings. The number of carboxylic acid groups (broad SMARTS) is 1. The van der Waals surface area contributed by atoms with Gasteiger partial charge in [-0.3, -0.25) is 4.79 Å². The van der Waals surface area contributed by atoms with Crippen LogP contribution in [0.5, 0.6) is 11.5 Å². The summed E-state index contributed by atoms with van der Waals surface area (Å²) in [6.45, 7) is 1.72. The van der Waals surface area contributed by atoms with E-state index in [9.17, 15) is 4.79 Å². The van der Waals surface area contributed by atoms with Gasteiger partial charge in [0.25, 0.3) is 0 Å². The molecule has 4 heteroatoms. The lowest BCUT2D eigenvalue weighted by Gasteiger charge is -2.12. The molecule has 82 valence electrons. The van der Waals surface area contributed by atoms with E-state index in [0.29, 0.717) is 5.75 Å². The molecule has 1 aromatic carbocycles. The average molecular weight is 210 g/mol. The SMILES string of the molecule is COc1ccc(OC(C)CC(=O)O)cc1. The first kappa shape index (κ1) is 11.4. The second kappa shape index (κ2) is 5.24. The predicted octanol–water partition coefficient (Wildman–Crippen LogP) is 1.94. The molecule has 1 unspecified atom stereocenters. The molecule has 0 radical (unpaired) electrons. The van der Waals surface area contributed by atoms with E-state index in [2.05, 4.69) is 0 Å². The summed E-state index contributed by atoms with van der Waals surface area (Å²) >= 11 is 0. The van der Waals surface area contributed by atoms with E-state index in [1.54, 1.807) is 38.3 Å². The molecule has 0 saturated heterocycles. The number of methoxy groups -OCH3 is 1. The summed E-state index contributed by atoms with van der Waals surface area (Å²) < 4.78 is 10.4. The van der Waals surface area contributed by atoms with Crippen molar-refractivity contribution in [3.05, 3.63) is 24.3 Å². The molecule has 4 nitrogen and oxygen atoms in total. The third kappa shape index (κ3) is 3.89. The first-order chi connectivity index (χ1) is 7.11. The van der Waals surface area contributed by atoms with E-state index in [-0.39, 0.29) is 12.5 Å². The Morgan fingerprint density at radius 3 is 2.33 bits per heavy atom. The van der Waals surface area contributed by atoms with Crippen LogP contribution in [0.2, 0.25) is 0 Å². The summed E-state index contributed by atoms with van der Waals surface area (Å²) in [6.07, 6.45) is -0.345. The highest BCUT2D eigenvalue weighted by Gasteiger charge is 2.08. The lowest BCUT2D eigenvalue weighted by atomic mass is 10.3. The summed E-state index contributed by atoms with van der Waals surface area (Å²) in [7, 11) is 1.59. The molecule has 0 fully saturated rings. The minimum absolute atomic E-state index is 0.00791. The second-order valence-electron chi connectivity index (χ2n) is 3.20. The van der Waals surface area contributed by atoms with Gasteiger partial charge in [-0.15, -0.1) is 0 Å². The molecule has 0 spiro atoms. The van der Waals surface area contributed by atoms with Gasteiger partial charge in [0.2, 0.25) is 0 Å². The Labute approximate surface area is 88.4 Å². The fraction of sp³-hybridized carbons (Fsp3) is 0.364. The number of aliphatic carboxylic acids is 1. The fourth-order valence-electron chi connectivity index (χ4n) is 1.17. The van der Waals surface area contributed by atoms with Crippen molar-refractivity contribution >= 4 is 5.97 Å². The van der Waals surface area contributed by atoms with Crippen LogP contribution in [-0.4, -0.2) is 24.3 Å². The van der Waals surface area contributed by atoms with Gasteiger partial charge >= 0.3 is 5.97 Å². The smallest absolute Gasteiger partial charge is 0.307 e. The lowest BCUT2D eigenvalue weighted by Crippen LogP contribution is -2.16. The van der Waals surface area contributed by atoms with Gasteiger partial charge in [-0.1, -0.05) is 0 Å². The second-order valence-corrected chi connectivity index (χ2v) is 3.20. The van der Waals surface area contributed by atoms with Crippen LogP contribution in [0.3, 0.4) is 0 Å². The first-order valence-electron chi connectivity index (χ1n) is 4.64. The molecule has 15 heavy (non-hydrogen) atoms. The Kier molecular flexibility index (Phi) is 3.97. The van der Waals surface area contributed by atoms with Crippen molar-refractivity contribution in [1.82, 2.24) is 0 Å². The normalized spacial score (nSPS) is 11.9. The van der Waals surface area contributed by atoms with Crippen LogP contribution in [0.25, 0.3) is 0 Å². The van der Waals surface area contributed by atoms with Gasteiger partial charge in [0.15, 0.2) is 0 Å². The van der Waals surface area contributed by atoms with E-state index in [1.807, 2.05) is 0 Å². The Morgan fingerprint density at radius 2 is 1.87 bits per heavy atom. The summed E-state index contributed by atoms with van der Waals surface area (Å²) in [6, 6.07) is 7.03. The zero-order chi connectivity index (χ0) is 11.3. The number of hydrogen-bond donors (Lipinski definition) is 1. The molecular formula is C11H14O4. The Hall–Kier alpha value is -1.71. The summed E-state index contributed by atoms with van der Waals surface area (Å²) in [5.41, 5.74) is 0. The van der Waals surface area contributed by atoms with Gasteiger partial charge in [0, 0.05) is 0 Å². The molecule has 1 aromatic rings. The Balaban J connectivity index is 2.53. The summed E-state index contributed by atoms with van der Waals surface area (Å²) in [4.78, 5) is 10.4. The highest BCUT2D eigenvalue weighted by atomic mass is 16.5. The Bertz CT molecular complexity index is 318. The molecule has 1 rings (SSSR count). The van der Waals surface area contributed by atoms with Crippen molar-refractivity contribution in [2.45, 2.75) is 19.4 Å². The highest BCUT2D eigenvalue weighted by molar-refractivity contribution is 5.67. The molecule has 1 N–H and O–H groups in total. The van der Waals surface area contributed by atoms with Crippen LogP contribution in [0.4, 0.5) is 0 Å². The van der Waals surface area contributed by atoms with Crippen LogP contribution in [0.1, 0.15) is 13.3 Å². The van der Waals surface area contributed by atoms with E-state index in [1.165, 1.54) is 0 Å². The molecule has 0 heterocycles. The van der Waals surface area contributed by atoms with Crippen molar-refractivity contribution in [1.29, 1.82) is 0 Å². The van der Waals surface area contributed by atoms with Crippen LogP contribution in [0, 0.1) is 0 Å². The minimum Gasteiger partial charge on any atom is -0.497 e. The average Bonchev–Trinajstić information content (AvgIpc) is 2.17. The molecule has 0 aliphatic carbocycles. The maximum absolute atomic E-state index is 10.4. The number of ether oxygens (including phenoxy) is 2. The van der Waals surface area contributed by atoms with Crippen molar-refractivity contribution in [2.75, 3.05) is 7.11 Å². The van der Waals surface area contributed by atoms with E-state index in [0.717, 1.165) is 5.75 Å². The predicted molar refractivity (Wildman–Crippen MR) is 55.3 cm³/mol. The Morgan fingerprint density at radius 1 is 1.33 bits per heavy atom. The number of carboxylic acids is 1. The number of hydrogen-bond acceptors (Lipinski definition) is 3. The van der Waals surface area contributed by atoms with Crippen LogP contribution in [-0.2, 0) is 4.79 Å². The summed E-state index contributed by atoms with van der Waals surface area (Å²) in [5, 5.41) is 8.54. The van der Waals surface area contributed by atoms with Crippen molar-refractivity contribution in [3.8, 4) is 11.5 Å². The van der Waals surface area contributed by atoms with Crippen LogP contribution in [0.15, 0.2) is 24.3 Å². The van der Waals surface area contributed by atoms with Crippen LogP contribution < -0.4 is 9.47 Å². The molecule has 1 atom stereocenters. The van der Waals surface area contributed by atoms with E-state index < -0.39 is 5.97 Å². The van der Waals surface area contributed by atoms with Gasteiger partial charge in [0.1, 0.15) is 17.6 Å². The fourth-order valence-corrected chi connectivity index (χ4v) is 1.17. The zero-order valence-electron chi connectivity index (χ0n) is 8.77. The summed E-state index contributed by atoms with van der Waals surface area (Å²) in [5.74, 6) is 0.522. The number of benzene rings is 1. The molecular weight excluding hydrogens is 196 g/mol. The monoisotopic (exact) mass is 210 g/mol. The highest BCUT2D eigenvalue weighted by Crippen LogP contribution is 2.18. The lowest BCUT2D eigenvalue weighted by molar-refractivity contribution is -0.138. The standard InChI is InChI=1S/C11H14O4/c1-8(7-11(12)13)15-10-5-3-9(14-2)4-6-10/h3-6,8H,7H2,1-2H3,(H,12,13). The van der Waals surface area contributed by atoms with Gasteiger partial charge in [0.05, 0.1) is 13.5 Å². The maximum atomic E-state index is 10.4. The van der Waals surface area contributed by atoms with E-state index in [4.69, 9.17) is 14.6 Å². The number of rotatable bonds is 5. The zero-order valence-corrected chi connectivity index (χ0v) is 8.77. The van der Waals surface area contributed by atoms with E-state index >= 15 is 0 Å². The molecule has 0 aromatic heterocycles. The van der Waals surface area contributed by atoms with Gasteiger partial charge in [-0.25, -0.2) is 0 Å². The van der Waals surface area contributed by atoms with Gasteiger partial charge in [-0.2, -0.15) is 0 Å². The maximum Gasteiger partial charge on any atom is 0.307 e. The molecule has 0 aliphatic heterocycles. The van der Waals surface area contributed by atoms with Crippen molar-refractivity contribution in [3.63, 3.8) is 0 Å². The first-order valence-corrected chi connectivity index (χ1v) is 4.64. The van der Waals surface area contributed by atoms with Crippen molar-refractivity contribution < 1.29 is 19.4 Å². The minimum atomic E-state index is -0.865. The molecule has 0 bridgehead atoms. The molecule has 0 saturated carbocycles. The third-order valence-electron chi connectivity index (χ3n) is 1.86. The molecule has 0 amide bonds. The van der Waals surface area contributed by atoms with Crippen molar-refractivity contribution in [2.24, 2.45) is 0 Å². The quantitative estimate of drug-likeness (QED) is 0.806. The largest absolute Gasteiger partial charge is 0.497 e. The van der Waals surface area contributed by atoms with Gasteiger partial charge < -0.3 is 14.6 Å². The topological polar surface area (TPSA) is 55.8 Å². The third-order valence-corrected chi connectivity index (χ3v) is 1.86. The number of carbonyl (C=O) groups is 1. The van der Waals surface area contributed by atoms with Gasteiger partial charge in [-0.05, 0) is 31.2 Å². The van der Waals surface area contributed by atoms with Crippen LogP contribution >= 0.6 is 0 Å².